The van der Waals surface area contributed by atoms with Crippen LogP contribution in [0.1, 0.15) is 24.2 Å². The van der Waals surface area contributed by atoms with Gasteiger partial charge in [-0.05, 0) is 61.7 Å². The molecule has 4 aromatic carbocycles. The molecule has 0 aliphatic rings. The molecule has 0 bridgehead atoms. The number of hydrogen-bond acceptors (Lipinski definition) is 6. The first kappa shape index (κ1) is 23.5. The molecule has 180 valence electrons. The Balaban J connectivity index is 1.40. The SMILES string of the molecule is CCOc1ccc(NC(=O)C(C)OC(=O)c2cccc3cccc(-c4nc5ccccc5s4)c23)cc1. The van der Waals surface area contributed by atoms with Crippen molar-refractivity contribution in [3.63, 3.8) is 0 Å². The number of hydrogen-bond donors (Lipinski definition) is 1. The van der Waals surface area contributed by atoms with E-state index >= 15 is 0 Å². The maximum atomic E-state index is 13.3. The lowest BCUT2D eigenvalue weighted by atomic mass is 9.99. The van der Waals surface area contributed by atoms with Crippen LogP contribution in [0.4, 0.5) is 5.69 Å². The van der Waals surface area contributed by atoms with Crippen LogP contribution >= 0.6 is 11.3 Å². The lowest BCUT2D eigenvalue weighted by Gasteiger charge is -2.15. The Morgan fingerprint density at radius 1 is 0.944 bits per heavy atom. The van der Waals surface area contributed by atoms with E-state index in [1.165, 1.54) is 0 Å². The molecule has 0 aliphatic heterocycles. The maximum absolute atomic E-state index is 13.3. The van der Waals surface area contributed by atoms with Gasteiger partial charge >= 0.3 is 5.97 Å². The minimum absolute atomic E-state index is 0.392. The van der Waals surface area contributed by atoms with E-state index in [2.05, 4.69) is 5.32 Å². The monoisotopic (exact) mass is 496 g/mol. The van der Waals surface area contributed by atoms with E-state index in [4.69, 9.17) is 14.5 Å². The number of esters is 1. The summed E-state index contributed by atoms with van der Waals surface area (Å²) in [7, 11) is 0. The van der Waals surface area contributed by atoms with Gasteiger partial charge in [-0.2, -0.15) is 0 Å². The summed E-state index contributed by atoms with van der Waals surface area (Å²) < 4.78 is 12.1. The van der Waals surface area contributed by atoms with Gasteiger partial charge in [0.2, 0.25) is 0 Å². The zero-order valence-corrected chi connectivity index (χ0v) is 20.7. The number of rotatable bonds is 7. The third-order valence-electron chi connectivity index (χ3n) is 5.73. The standard InChI is InChI=1S/C29H24N2O4S/c1-3-34-21-16-14-20(15-17-21)30-27(32)18(2)35-29(33)23-11-7-9-19-8-6-10-22(26(19)23)28-31-24-12-4-5-13-25(24)36-28/h4-18H,3H2,1-2H3,(H,30,32). The van der Waals surface area contributed by atoms with Crippen LogP contribution < -0.4 is 10.1 Å². The lowest BCUT2D eigenvalue weighted by molar-refractivity contribution is -0.123. The van der Waals surface area contributed by atoms with Gasteiger partial charge in [-0.15, -0.1) is 11.3 Å². The molecule has 6 nitrogen and oxygen atoms in total. The number of aromatic nitrogens is 1. The molecule has 0 fully saturated rings. The van der Waals surface area contributed by atoms with E-state index in [1.807, 2.05) is 61.5 Å². The average Bonchev–Trinajstić information content (AvgIpc) is 3.33. The van der Waals surface area contributed by atoms with Crippen molar-refractivity contribution in [1.29, 1.82) is 0 Å². The van der Waals surface area contributed by atoms with Crippen LogP contribution in [0, 0.1) is 0 Å². The maximum Gasteiger partial charge on any atom is 0.339 e. The Morgan fingerprint density at radius 2 is 1.69 bits per heavy atom. The summed E-state index contributed by atoms with van der Waals surface area (Å²) >= 11 is 1.57. The molecule has 7 heteroatoms. The number of nitrogens with zero attached hydrogens (tertiary/aromatic N) is 1. The van der Waals surface area contributed by atoms with Crippen LogP contribution in [0.5, 0.6) is 5.75 Å². The van der Waals surface area contributed by atoms with Gasteiger partial charge in [0.25, 0.3) is 5.91 Å². The second-order valence-corrected chi connectivity index (χ2v) is 9.22. The fraction of sp³-hybridized carbons (Fsp3) is 0.138. The van der Waals surface area contributed by atoms with E-state index in [-0.39, 0.29) is 0 Å². The number of benzene rings is 4. The number of carbonyl (C=O) groups is 2. The fourth-order valence-electron chi connectivity index (χ4n) is 4.00. The molecule has 5 aromatic rings. The number of ether oxygens (including phenoxy) is 2. The van der Waals surface area contributed by atoms with E-state index < -0.39 is 18.0 Å². The highest BCUT2D eigenvalue weighted by molar-refractivity contribution is 7.21. The molecule has 0 saturated carbocycles. The molecule has 0 spiro atoms. The van der Waals surface area contributed by atoms with Crippen LogP contribution in [0.2, 0.25) is 0 Å². The number of para-hydroxylation sites is 1. The first-order chi connectivity index (χ1) is 17.5. The molecule has 1 aromatic heterocycles. The van der Waals surface area contributed by atoms with Crippen LogP contribution in [-0.2, 0) is 9.53 Å². The number of anilines is 1. The molecule has 1 atom stereocenters. The summed E-state index contributed by atoms with van der Waals surface area (Å²) in [5.74, 6) is -0.266. The van der Waals surface area contributed by atoms with Crippen molar-refractivity contribution >= 4 is 49.9 Å². The first-order valence-electron chi connectivity index (χ1n) is 11.7. The Hall–Kier alpha value is -4.23. The van der Waals surface area contributed by atoms with Crippen molar-refractivity contribution in [2.75, 3.05) is 11.9 Å². The summed E-state index contributed by atoms with van der Waals surface area (Å²) in [4.78, 5) is 30.8. The quantitative estimate of drug-likeness (QED) is 0.254. The molecule has 1 amide bonds. The van der Waals surface area contributed by atoms with Crippen LogP contribution in [0.25, 0.3) is 31.6 Å². The lowest BCUT2D eigenvalue weighted by Crippen LogP contribution is -2.30. The Labute approximate surface area is 212 Å². The van der Waals surface area contributed by atoms with E-state index in [0.29, 0.717) is 17.9 Å². The highest BCUT2D eigenvalue weighted by Gasteiger charge is 2.22. The smallest absolute Gasteiger partial charge is 0.339 e. The van der Waals surface area contributed by atoms with Crippen LogP contribution in [0.15, 0.2) is 84.9 Å². The molecule has 1 unspecified atom stereocenters. The minimum atomic E-state index is -0.992. The van der Waals surface area contributed by atoms with Crippen molar-refractivity contribution < 1.29 is 19.1 Å². The largest absolute Gasteiger partial charge is 0.494 e. The summed E-state index contributed by atoms with van der Waals surface area (Å²) in [5.41, 5.74) is 2.75. The van der Waals surface area contributed by atoms with E-state index in [9.17, 15) is 9.59 Å². The number of fused-ring (bicyclic) bond motifs is 2. The van der Waals surface area contributed by atoms with Crippen LogP contribution in [-0.4, -0.2) is 29.6 Å². The number of nitrogens with one attached hydrogen (secondary N) is 1. The third-order valence-corrected chi connectivity index (χ3v) is 6.80. The van der Waals surface area contributed by atoms with E-state index in [1.54, 1.807) is 48.6 Å². The summed E-state index contributed by atoms with van der Waals surface area (Å²) in [5, 5.41) is 5.25. The molecule has 1 N–H and O–H groups in total. The van der Waals surface area contributed by atoms with Gasteiger partial charge in [0, 0.05) is 16.6 Å². The zero-order valence-electron chi connectivity index (χ0n) is 19.9. The van der Waals surface area contributed by atoms with Gasteiger partial charge in [-0.25, -0.2) is 9.78 Å². The van der Waals surface area contributed by atoms with Crippen molar-refractivity contribution in [2.45, 2.75) is 20.0 Å². The fourth-order valence-corrected chi connectivity index (χ4v) is 5.00. The van der Waals surface area contributed by atoms with Gasteiger partial charge in [0.1, 0.15) is 10.8 Å². The summed E-state index contributed by atoms with van der Waals surface area (Å²) in [6.07, 6.45) is -0.992. The van der Waals surface area contributed by atoms with Crippen molar-refractivity contribution in [1.82, 2.24) is 4.98 Å². The predicted molar refractivity (Wildman–Crippen MR) is 144 cm³/mol. The minimum Gasteiger partial charge on any atom is -0.494 e. The molecular weight excluding hydrogens is 472 g/mol. The van der Waals surface area contributed by atoms with Crippen molar-refractivity contribution in [2.24, 2.45) is 0 Å². The Bertz CT molecular complexity index is 1520. The van der Waals surface area contributed by atoms with Gasteiger partial charge in [0.05, 0.1) is 22.4 Å². The molecule has 0 saturated heterocycles. The van der Waals surface area contributed by atoms with Gasteiger partial charge in [-0.1, -0.05) is 42.5 Å². The Kier molecular flexibility index (Phi) is 6.64. The predicted octanol–water partition coefficient (Wildman–Crippen LogP) is 6.70. The van der Waals surface area contributed by atoms with Crippen molar-refractivity contribution in [3.05, 3.63) is 90.5 Å². The second kappa shape index (κ2) is 10.2. The van der Waals surface area contributed by atoms with Gasteiger partial charge < -0.3 is 14.8 Å². The first-order valence-corrected chi connectivity index (χ1v) is 12.5. The highest BCUT2D eigenvalue weighted by Crippen LogP contribution is 2.36. The highest BCUT2D eigenvalue weighted by atomic mass is 32.1. The van der Waals surface area contributed by atoms with Crippen molar-refractivity contribution in [3.8, 4) is 16.3 Å². The molecular formula is C29H24N2O4S. The van der Waals surface area contributed by atoms with Gasteiger partial charge in [0.15, 0.2) is 6.10 Å². The molecule has 1 heterocycles. The van der Waals surface area contributed by atoms with E-state index in [0.717, 1.165) is 37.3 Å². The third kappa shape index (κ3) is 4.78. The Morgan fingerprint density at radius 3 is 2.44 bits per heavy atom. The zero-order chi connectivity index (χ0) is 25.1. The topological polar surface area (TPSA) is 77.5 Å². The number of carbonyl (C=O) groups excluding carboxylic acids is 2. The second-order valence-electron chi connectivity index (χ2n) is 8.19. The summed E-state index contributed by atoms with van der Waals surface area (Å²) in [6.45, 7) is 4.03. The normalized spacial score (nSPS) is 11.8. The number of amides is 1. The van der Waals surface area contributed by atoms with Gasteiger partial charge in [-0.3, -0.25) is 4.79 Å². The molecule has 36 heavy (non-hydrogen) atoms. The molecule has 0 radical (unpaired) electrons. The van der Waals surface area contributed by atoms with Crippen LogP contribution in [0.3, 0.4) is 0 Å². The molecule has 0 aliphatic carbocycles. The summed E-state index contributed by atoms with van der Waals surface area (Å²) in [6, 6.07) is 26.3. The molecule has 5 rings (SSSR count). The number of thiazole rings is 1. The average molecular weight is 497 g/mol.